The number of benzene rings is 1. The average Bonchev–Trinajstić information content (AvgIpc) is 2.36. The van der Waals surface area contributed by atoms with E-state index in [-0.39, 0.29) is 30.2 Å². The Morgan fingerprint density at radius 1 is 1.39 bits per heavy atom. The van der Waals surface area contributed by atoms with E-state index in [1.54, 1.807) is 13.0 Å². The minimum absolute atomic E-state index is 0.0404. The van der Waals surface area contributed by atoms with E-state index in [4.69, 9.17) is 4.74 Å². The molecule has 18 heavy (non-hydrogen) atoms. The molecular weight excluding hydrogens is 238 g/mol. The van der Waals surface area contributed by atoms with Crippen molar-refractivity contribution in [3.8, 4) is 11.5 Å². The van der Waals surface area contributed by atoms with Crippen LogP contribution in [0.5, 0.6) is 11.5 Å². The highest BCUT2D eigenvalue weighted by molar-refractivity contribution is 5.98. The quantitative estimate of drug-likeness (QED) is 0.754. The van der Waals surface area contributed by atoms with E-state index >= 15 is 0 Å². The molecule has 0 aliphatic carbocycles. The third-order valence-electron chi connectivity index (χ3n) is 2.16. The SMILES string of the molecule is CCOC(=O)CNC(=O)c1cccc(OC)c1O. The lowest BCUT2D eigenvalue weighted by Gasteiger charge is -2.09. The van der Waals surface area contributed by atoms with Crippen molar-refractivity contribution < 1.29 is 24.2 Å². The van der Waals surface area contributed by atoms with Gasteiger partial charge in [0.1, 0.15) is 6.54 Å². The lowest BCUT2D eigenvalue weighted by Crippen LogP contribution is -2.30. The number of ether oxygens (including phenoxy) is 2. The van der Waals surface area contributed by atoms with Crippen LogP contribution in [0.1, 0.15) is 17.3 Å². The van der Waals surface area contributed by atoms with Crippen LogP contribution in [0, 0.1) is 0 Å². The molecule has 0 radical (unpaired) electrons. The minimum Gasteiger partial charge on any atom is -0.504 e. The fourth-order valence-corrected chi connectivity index (χ4v) is 1.33. The van der Waals surface area contributed by atoms with Gasteiger partial charge in [-0.2, -0.15) is 0 Å². The number of phenols is 1. The summed E-state index contributed by atoms with van der Waals surface area (Å²) in [6.07, 6.45) is 0. The Labute approximate surface area is 105 Å². The molecule has 1 amide bonds. The van der Waals surface area contributed by atoms with Crippen LogP contribution < -0.4 is 10.1 Å². The molecule has 0 bridgehead atoms. The van der Waals surface area contributed by atoms with Gasteiger partial charge in [-0.1, -0.05) is 6.07 Å². The van der Waals surface area contributed by atoms with Crippen LogP contribution in [0.4, 0.5) is 0 Å². The lowest BCUT2D eigenvalue weighted by molar-refractivity contribution is -0.141. The zero-order chi connectivity index (χ0) is 13.5. The number of carbonyl (C=O) groups is 2. The first-order valence-electron chi connectivity index (χ1n) is 5.40. The fraction of sp³-hybridized carbons (Fsp3) is 0.333. The summed E-state index contributed by atoms with van der Waals surface area (Å²) in [5, 5.41) is 12.1. The molecule has 6 heteroatoms. The van der Waals surface area contributed by atoms with E-state index in [0.717, 1.165) is 0 Å². The van der Waals surface area contributed by atoms with Gasteiger partial charge in [0, 0.05) is 0 Å². The third-order valence-corrected chi connectivity index (χ3v) is 2.16. The summed E-state index contributed by atoms with van der Waals surface area (Å²) in [7, 11) is 1.38. The van der Waals surface area contributed by atoms with Crippen molar-refractivity contribution in [1.29, 1.82) is 0 Å². The van der Waals surface area contributed by atoms with Crippen molar-refractivity contribution in [2.75, 3.05) is 20.3 Å². The second-order valence-corrected chi connectivity index (χ2v) is 3.34. The Hall–Kier alpha value is -2.24. The van der Waals surface area contributed by atoms with Crippen molar-refractivity contribution in [3.63, 3.8) is 0 Å². The van der Waals surface area contributed by atoms with Crippen LogP contribution >= 0.6 is 0 Å². The first kappa shape index (κ1) is 13.8. The monoisotopic (exact) mass is 253 g/mol. The number of aromatic hydroxyl groups is 1. The molecule has 1 rings (SSSR count). The molecule has 98 valence electrons. The summed E-state index contributed by atoms with van der Waals surface area (Å²) in [4.78, 5) is 22.8. The summed E-state index contributed by atoms with van der Waals surface area (Å²) in [5.41, 5.74) is 0.0404. The minimum atomic E-state index is -0.570. The van der Waals surface area contributed by atoms with Crippen LogP contribution in [0.15, 0.2) is 18.2 Å². The largest absolute Gasteiger partial charge is 0.504 e. The van der Waals surface area contributed by atoms with E-state index < -0.39 is 11.9 Å². The predicted octanol–water partition coefficient (Wildman–Crippen LogP) is 0.694. The van der Waals surface area contributed by atoms with Gasteiger partial charge in [-0.3, -0.25) is 9.59 Å². The first-order chi connectivity index (χ1) is 8.60. The number of amides is 1. The molecule has 0 saturated carbocycles. The Morgan fingerprint density at radius 2 is 2.11 bits per heavy atom. The molecule has 0 spiro atoms. The summed E-state index contributed by atoms with van der Waals surface area (Å²) in [6, 6.07) is 4.52. The number of phenolic OH excluding ortho intramolecular Hbond substituents is 1. The Bertz CT molecular complexity index is 444. The van der Waals surface area contributed by atoms with Crippen LogP contribution in [-0.2, 0) is 9.53 Å². The van der Waals surface area contributed by atoms with Gasteiger partial charge in [-0.05, 0) is 19.1 Å². The van der Waals surface area contributed by atoms with Crippen LogP contribution in [0.25, 0.3) is 0 Å². The molecule has 0 fully saturated rings. The van der Waals surface area contributed by atoms with Crippen molar-refractivity contribution in [1.82, 2.24) is 5.32 Å². The smallest absolute Gasteiger partial charge is 0.325 e. The molecule has 0 heterocycles. The molecule has 0 aliphatic rings. The van der Waals surface area contributed by atoms with Crippen molar-refractivity contribution in [2.24, 2.45) is 0 Å². The molecular formula is C12H15NO5. The highest BCUT2D eigenvalue weighted by Crippen LogP contribution is 2.28. The third kappa shape index (κ3) is 3.38. The van der Waals surface area contributed by atoms with Gasteiger partial charge in [-0.25, -0.2) is 0 Å². The van der Waals surface area contributed by atoms with Gasteiger partial charge in [0.05, 0.1) is 19.3 Å². The highest BCUT2D eigenvalue weighted by Gasteiger charge is 2.15. The van der Waals surface area contributed by atoms with E-state index in [1.807, 2.05) is 0 Å². The predicted molar refractivity (Wildman–Crippen MR) is 63.6 cm³/mol. The normalized spacial score (nSPS) is 9.67. The second-order valence-electron chi connectivity index (χ2n) is 3.34. The van der Waals surface area contributed by atoms with Crippen molar-refractivity contribution in [2.45, 2.75) is 6.92 Å². The van der Waals surface area contributed by atoms with Crippen LogP contribution in [0.3, 0.4) is 0 Å². The van der Waals surface area contributed by atoms with Gasteiger partial charge in [0.25, 0.3) is 5.91 Å². The maximum atomic E-state index is 11.7. The maximum absolute atomic E-state index is 11.7. The Balaban J connectivity index is 2.70. The molecule has 0 aromatic heterocycles. The van der Waals surface area contributed by atoms with E-state index in [1.165, 1.54) is 19.2 Å². The molecule has 6 nitrogen and oxygen atoms in total. The number of carbonyl (C=O) groups excluding carboxylic acids is 2. The van der Waals surface area contributed by atoms with Crippen LogP contribution in [0.2, 0.25) is 0 Å². The number of nitrogens with one attached hydrogen (secondary N) is 1. The molecule has 1 aromatic carbocycles. The van der Waals surface area contributed by atoms with E-state index in [9.17, 15) is 14.7 Å². The van der Waals surface area contributed by atoms with Gasteiger partial charge in [-0.15, -0.1) is 0 Å². The van der Waals surface area contributed by atoms with Gasteiger partial charge in [0.2, 0.25) is 0 Å². The van der Waals surface area contributed by atoms with Crippen LogP contribution in [-0.4, -0.2) is 37.2 Å². The zero-order valence-electron chi connectivity index (χ0n) is 10.2. The maximum Gasteiger partial charge on any atom is 0.325 e. The van der Waals surface area contributed by atoms with Crippen molar-refractivity contribution in [3.05, 3.63) is 23.8 Å². The molecule has 0 saturated heterocycles. The standard InChI is InChI=1S/C12H15NO5/c1-3-18-10(14)7-13-12(16)8-5-4-6-9(17-2)11(8)15/h4-6,15H,3,7H2,1-2H3,(H,13,16). The number of hydrogen-bond donors (Lipinski definition) is 2. The lowest BCUT2D eigenvalue weighted by atomic mass is 10.1. The molecule has 0 atom stereocenters. The Kier molecular flexibility index (Phi) is 4.98. The number of rotatable bonds is 5. The topological polar surface area (TPSA) is 84.9 Å². The Morgan fingerprint density at radius 3 is 2.72 bits per heavy atom. The zero-order valence-corrected chi connectivity index (χ0v) is 10.2. The van der Waals surface area contributed by atoms with E-state index in [0.29, 0.717) is 0 Å². The molecule has 1 aromatic rings. The number of methoxy groups -OCH3 is 1. The van der Waals surface area contributed by atoms with E-state index in [2.05, 4.69) is 10.1 Å². The average molecular weight is 253 g/mol. The fourth-order valence-electron chi connectivity index (χ4n) is 1.33. The summed E-state index contributed by atoms with van der Waals surface area (Å²) in [6.45, 7) is 1.68. The number of para-hydroxylation sites is 1. The van der Waals surface area contributed by atoms with Crippen molar-refractivity contribution >= 4 is 11.9 Å². The summed E-state index contributed by atoms with van der Waals surface area (Å²) >= 11 is 0. The number of hydrogen-bond acceptors (Lipinski definition) is 5. The first-order valence-corrected chi connectivity index (χ1v) is 5.40. The second kappa shape index (κ2) is 6.48. The number of esters is 1. The molecule has 0 unspecified atom stereocenters. The van der Waals surface area contributed by atoms with Gasteiger partial charge >= 0.3 is 5.97 Å². The highest BCUT2D eigenvalue weighted by atomic mass is 16.5. The van der Waals surface area contributed by atoms with Gasteiger partial charge in [0.15, 0.2) is 11.5 Å². The summed E-state index contributed by atoms with van der Waals surface area (Å²) < 4.78 is 9.54. The van der Waals surface area contributed by atoms with Gasteiger partial charge < -0.3 is 19.9 Å². The molecule has 2 N–H and O–H groups in total. The molecule has 0 aliphatic heterocycles. The summed E-state index contributed by atoms with van der Waals surface area (Å²) in [5.74, 6) is -1.17.